The predicted molar refractivity (Wildman–Crippen MR) is 164 cm³/mol. The Hall–Kier alpha value is -3.98. The molecule has 2 fully saturated rings. The van der Waals surface area contributed by atoms with Gasteiger partial charge in [-0.25, -0.2) is 9.97 Å². The normalized spacial score (nSPS) is 16.0. The maximum Gasteiger partial charge on any atom is 0.263 e. The molecular weight excluding hydrogens is 538 g/mol. The van der Waals surface area contributed by atoms with Gasteiger partial charge in [-0.2, -0.15) is 4.98 Å². The van der Waals surface area contributed by atoms with E-state index in [2.05, 4.69) is 55.4 Å². The zero-order valence-corrected chi connectivity index (χ0v) is 24.2. The summed E-state index contributed by atoms with van der Waals surface area (Å²) in [4.78, 5) is 44.4. The monoisotopic (exact) mass is 571 g/mol. The van der Waals surface area contributed by atoms with Crippen molar-refractivity contribution in [3.63, 3.8) is 0 Å². The molecule has 1 aliphatic heterocycles. The number of fused-ring (bicyclic) bond motifs is 1. The maximum atomic E-state index is 13.5. The molecule has 1 aromatic carbocycles. The lowest BCUT2D eigenvalue weighted by Crippen LogP contribution is -2.46. The second-order valence-electron chi connectivity index (χ2n) is 10.9. The molecule has 1 saturated heterocycles. The lowest BCUT2D eigenvalue weighted by atomic mass is 10.0. The first-order valence-electron chi connectivity index (χ1n) is 14.2. The molecule has 4 heterocycles. The molecule has 212 valence electrons. The fraction of sp³-hybridized carbons (Fsp3) is 0.387. The van der Waals surface area contributed by atoms with Crippen LogP contribution in [-0.4, -0.2) is 51.5 Å². The van der Waals surface area contributed by atoms with E-state index in [1.165, 1.54) is 12.6 Å². The number of aryl methyl sites for hydroxylation is 1. The minimum Gasteiger partial charge on any atom is -0.368 e. The van der Waals surface area contributed by atoms with Crippen LogP contribution in [0.3, 0.4) is 0 Å². The number of alkyl halides is 1. The molecule has 1 saturated carbocycles. The molecule has 0 spiro atoms. The van der Waals surface area contributed by atoms with E-state index in [-0.39, 0.29) is 22.9 Å². The van der Waals surface area contributed by atoms with Gasteiger partial charge in [-0.3, -0.25) is 14.2 Å². The lowest BCUT2D eigenvalue weighted by molar-refractivity contribution is 0.101. The molecule has 4 aromatic rings. The van der Waals surface area contributed by atoms with Gasteiger partial charge in [0.1, 0.15) is 11.5 Å². The number of hydrogen-bond donors (Lipinski definition) is 1. The number of carbonyl (C=O) groups excluding carboxylic acids is 1. The topological polar surface area (TPSA) is 96.2 Å². The van der Waals surface area contributed by atoms with Crippen molar-refractivity contribution in [1.29, 1.82) is 0 Å². The Morgan fingerprint density at radius 2 is 1.61 bits per heavy atom. The number of rotatable bonds is 7. The first kappa shape index (κ1) is 27.2. The van der Waals surface area contributed by atoms with Gasteiger partial charge < -0.3 is 15.1 Å². The third-order valence-corrected chi connectivity index (χ3v) is 8.65. The zero-order valence-electron chi connectivity index (χ0n) is 23.4. The molecule has 2 aliphatic rings. The van der Waals surface area contributed by atoms with Gasteiger partial charge in [-0.05, 0) is 62.1 Å². The highest BCUT2D eigenvalue weighted by Crippen LogP contribution is 2.32. The third kappa shape index (κ3) is 5.38. The van der Waals surface area contributed by atoms with Crippen LogP contribution in [0, 0.1) is 6.92 Å². The number of hydrogen-bond acceptors (Lipinski definition) is 8. The summed E-state index contributed by atoms with van der Waals surface area (Å²) in [6.07, 6.45) is 7.50. The van der Waals surface area contributed by atoms with Crippen molar-refractivity contribution in [2.45, 2.75) is 51.5 Å². The van der Waals surface area contributed by atoms with Gasteiger partial charge in [-0.1, -0.05) is 25.0 Å². The van der Waals surface area contributed by atoms with Gasteiger partial charge in [-0.15, -0.1) is 11.6 Å². The highest BCUT2D eigenvalue weighted by atomic mass is 35.5. The minimum atomic E-state index is -0.256. The highest BCUT2D eigenvalue weighted by Gasteiger charge is 2.26. The zero-order chi connectivity index (χ0) is 28.5. The number of aromatic nitrogens is 4. The van der Waals surface area contributed by atoms with Crippen molar-refractivity contribution < 1.29 is 4.79 Å². The van der Waals surface area contributed by atoms with Crippen LogP contribution < -0.4 is 20.7 Å². The first-order chi connectivity index (χ1) is 19.9. The Bertz CT molecular complexity index is 1620. The van der Waals surface area contributed by atoms with Crippen molar-refractivity contribution in [2.24, 2.45) is 0 Å². The van der Waals surface area contributed by atoms with Crippen molar-refractivity contribution >= 4 is 51.6 Å². The second kappa shape index (κ2) is 11.5. The summed E-state index contributed by atoms with van der Waals surface area (Å²) >= 11 is 5.93. The standard InChI is InChI=1S/C31H34ClN7O2/c1-20-26-19-34-31(36-29(26)39(24-5-3-4-6-24)30(41)28(20)21(2)40)35-27-12-11-25(18-33-27)38-15-13-37(14-16-38)23-9-7-22(17-32)8-10-23/h7-12,18-19,24H,3-6,13-17H2,1-2H3,(H,33,34,35,36). The molecule has 6 rings (SSSR count). The Morgan fingerprint density at radius 3 is 2.22 bits per heavy atom. The Kier molecular flexibility index (Phi) is 7.62. The number of benzene rings is 1. The minimum absolute atomic E-state index is 0.0364. The van der Waals surface area contributed by atoms with Gasteiger partial charge in [0.05, 0.1) is 17.4 Å². The molecule has 1 N–H and O–H groups in total. The quantitative estimate of drug-likeness (QED) is 0.225. The third-order valence-electron chi connectivity index (χ3n) is 8.34. The number of anilines is 4. The number of Topliss-reactive ketones (excluding diaryl/α,β-unsaturated/α-hetero) is 1. The molecule has 41 heavy (non-hydrogen) atoms. The Morgan fingerprint density at radius 1 is 0.951 bits per heavy atom. The number of carbonyl (C=O) groups is 1. The molecule has 0 unspecified atom stereocenters. The van der Waals surface area contributed by atoms with Crippen molar-refractivity contribution in [3.05, 3.63) is 75.8 Å². The van der Waals surface area contributed by atoms with Gasteiger partial charge in [0.25, 0.3) is 5.56 Å². The summed E-state index contributed by atoms with van der Waals surface area (Å²) < 4.78 is 1.72. The predicted octanol–water partition coefficient (Wildman–Crippen LogP) is 5.62. The molecule has 1 aliphatic carbocycles. The Balaban J connectivity index is 1.19. The van der Waals surface area contributed by atoms with Crippen LogP contribution in [0.2, 0.25) is 0 Å². The summed E-state index contributed by atoms with van der Waals surface area (Å²) in [7, 11) is 0. The van der Waals surface area contributed by atoms with Crippen LogP contribution in [-0.2, 0) is 5.88 Å². The Labute approximate surface area is 244 Å². The fourth-order valence-electron chi connectivity index (χ4n) is 6.09. The molecule has 0 bridgehead atoms. The van der Waals surface area contributed by atoms with E-state index in [1.54, 1.807) is 17.7 Å². The van der Waals surface area contributed by atoms with Gasteiger partial charge in [0, 0.05) is 55.4 Å². The SMILES string of the molecule is CC(=O)c1c(C)c2cnc(Nc3ccc(N4CCN(c5ccc(CCl)cc5)CC4)cn3)nc2n(C2CCCC2)c1=O. The average molecular weight is 572 g/mol. The molecular formula is C31H34ClN7O2. The first-order valence-corrected chi connectivity index (χ1v) is 14.8. The van der Waals surface area contributed by atoms with Crippen LogP contribution >= 0.6 is 11.6 Å². The van der Waals surface area contributed by atoms with Crippen LogP contribution in [0.5, 0.6) is 0 Å². The van der Waals surface area contributed by atoms with Crippen LogP contribution in [0.15, 0.2) is 53.6 Å². The van der Waals surface area contributed by atoms with Crippen molar-refractivity contribution in [3.8, 4) is 0 Å². The van der Waals surface area contributed by atoms with Gasteiger partial charge in [0.15, 0.2) is 5.78 Å². The highest BCUT2D eigenvalue weighted by molar-refractivity contribution is 6.17. The van der Waals surface area contributed by atoms with Gasteiger partial charge in [0.2, 0.25) is 5.95 Å². The van der Waals surface area contributed by atoms with Crippen LogP contribution in [0.25, 0.3) is 11.0 Å². The molecule has 10 heteroatoms. The van der Waals surface area contributed by atoms with E-state index >= 15 is 0 Å². The maximum absolute atomic E-state index is 13.5. The number of nitrogens with zero attached hydrogens (tertiary/aromatic N) is 6. The summed E-state index contributed by atoms with van der Waals surface area (Å²) in [5.41, 5.74) is 4.59. The van der Waals surface area contributed by atoms with E-state index < -0.39 is 0 Å². The largest absolute Gasteiger partial charge is 0.368 e. The molecule has 0 amide bonds. The number of ketones is 1. The number of piperazine rings is 1. The van der Waals surface area contributed by atoms with Crippen LogP contribution in [0.4, 0.5) is 23.1 Å². The van der Waals surface area contributed by atoms with Gasteiger partial charge >= 0.3 is 0 Å². The van der Waals surface area contributed by atoms with E-state index in [0.29, 0.717) is 28.9 Å². The summed E-state index contributed by atoms with van der Waals surface area (Å²) in [5.74, 6) is 1.29. The number of nitrogens with one attached hydrogen (secondary N) is 1. The van der Waals surface area contributed by atoms with Crippen molar-refractivity contribution in [1.82, 2.24) is 19.5 Å². The number of halogens is 1. The summed E-state index contributed by atoms with van der Waals surface area (Å²) in [5, 5.41) is 3.93. The van der Waals surface area contributed by atoms with E-state index in [4.69, 9.17) is 16.6 Å². The second-order valence-corrected chi connectivity index (χ2v) is 11.2. The smallest absolute Gasteiger partial charge is 0.263 e. The average Bonchev–Trinajstić information content (AvgIpc) is 3.52. The van der Waals surface area contributed by atoms with E-state index in [0.717, 1.165) is 68.5 Å². The van der Waals surface area contributed by atoms with E-state index in [1.807, 2.05) is 12.3 Å². The van der Waals surface area contributed by atoms with E-state index in [9.17, 15) is 9.59 Å². The van der Waals surface area contributed by atoms with Crippen LogP contribution in [0.1, 0.15) is 60.1 Å². The molecule has 9 nitrogen and oxygen atoms in total. The lowest BCUT2D eigenvalue weighted by Gasteiger charge is -2.37. The molecule has 0 atom stereocenters. The molecule has 0 radical (unpaired) electrons. The fourth-order valence-corrected chi connectivity index (χ4v) is 6.27. The summed E-state index contributed by atoms with van der Waals surface area (Å²) in [6.45, 7) is 6.91. The van der Waals surface area contributed by atoms with Crippen molar-refractivity contribution in [2.75, 3.05) is 41.3 Å². The molecule has 3 aromatic heterocycles. The summed E-state index contributed by atoms with van der Waals surface area (Å²) in [6, 6.07) is 12.5. The number of pyridine rings is 2.